The standard InChI is InChI=1S/C19H26ClN3O5/c1-26-16-10-13(9-15(20)18(16)28-12-17(21)24)19(25)23-6-4-22(5-7-23)11-14-3-2-8-27-14/h9-10,14H,2-8,11-12H2,1H3,(H2,21,24). The molecule has 28 heavy (non-hydrogen) atoms. The number of hydrogen-bond acceptors (Lipinski definition) is 6. The summed E-state index contributed by atoms with van der Waals surface area (Å²) in [5, 5.41) is 0.195. The van der Waals surface area contributed by atoms with Gasteiger partial charge in [-0.2, -0.15) is 0 Å². The summed E-state index contributed by atoms with van der Waals surface area (Å²) in [6, 6.07) is 3.10. The van der Waals surface area contributed by atoms with Crippen molar-refractivity contribution in [1.29, 1.82) is 0 Å². The topological polar surface area (TPSA) is 94.3 Å². The smallest absolute Gasteiger partial charge is 0.255 e. The van der Waals surface area contributed by atoms with Crippen LogP contribution in [0.3, 0.4) is 0 Å². The first-order valence-corrected chi connectivity index (χ1v) is 9.77. The largest absolute Gasteiger partial charge is 0.493 e. The van der Waals surface area contributed by atoms with Crippen molar-refractivity contribution in [2.75, 3.05) is 53.0 Å². The normalized spacial score (nSPS) is 20.2. The maximum absolute atomic E-state index is 12.9. The first kappa shape index (κ1) is 20.7. The number of nitrogens with two attached hydrogens (primary N) is 1. The Balaban J connectivity index is 1.62. The molecule has 2 aliphatic heterocycles. The number of halogens is 1. The number of carbonyl (C=O) groups is 2. The lowest BCUT2D eigenvalue weighted by Gasteiger charge is -2.35. The van der Waals surface area contributed by atoms with Gasteiger partial charge >= 0.3 is 0 Å². The monoisotopic (exact) mass is 411 g/mol. The van der Waals surface area contributed by atoms with Crippen LogP contribution in [0.1, 0.15) is 23.2 Å². The Bertz CT molecular complexity index is 716. The molecule has 0 aliphatic carbocycles. The Morgan fingerprint density at radius 2 is 2.04 bits per heavy atom. The number of benzene rings is 1. The second-order valence-corrected chi connectivity index (χ2v) is 7.38. The zero-order chi connectivity index (χ0) is 20.1. The molecular weight excluding hydrogens is 386 g/mol. The summed E-state index contributed by atoms with van der Waals surface area (Å²) in [6.07, 6.45) is 2.56. The minimum absolute atomic E-state index is 0.113. The molecule has 2 heterocycles. The van der Waals surface area contributed by atoms with Gasteiger partial charge in [0.2, 0.25) is 0 Å². The number of rotatable bonds is 7. The van der Waals surface area contributed by atoms with E-state index in [4.69, 9.17) is 31.5 Å². The molecule has 154 valence electrons. The fraction of sp³-hybridized carbons (Fsp3) is 0.579. The van der Waals surface area contributed by atoms with Crippen LogP contribution in [0.15, 0.2) is 12.1 Å². The van der Waals surface area contributed by atoms with E-state index in [-0.39, 0.29) is 29.0 Å². The molecule has 8 nitrogen and oxygen atoms in total. The molecule has 2 N–H and O–H groups in total. The van der Waals surface area contributed by atoms with Gasteiger partial charge in [0, 0.05) is 44.9 Å². The van der Waals surface area contributed by atoms with Crippen LogP contribution in [0.4, 0.5) is 0 Å². The van der Waals surface area contributed by atoms with Gasteiger partial charge in [0.1, 0.15) is 0 Å². The molecule has 2 saturated heterocycles. The van der Waals surface area contributed by atoms with E-state index in [0.717, 1.165) is 39.1 Å². The Hall–Kier alpha value is -2.03. The fourth-order valence-corrected chi connectivity index (χ4v) is 3.78. The van der Waals surface area contributed by atoms with Gasteiger partial charge in [0.05, 0.1) is 18.2 Å². The van der Waals surface area contributed by atoms with Crippen molar-refractivity contribution in [2.24, 2.45) is 5.73 Å². The van der Waals surface area contributed by atoms with Gasteiger partial charge < -0.3 is 24.8 Å². The van der Waals surface area contributed by atoms with Gasteiger partial charge in [-0.15, -0.1) is 0 Å². The van der Waals surface area contributed by atoms with Gasteiger partial charge in [-0.05, 0) is 25.0 Å². The molecule has 1 aromatic carbocycles. The van der Waals surface area contributed by atoms with E-state index in [0.29, 0.717) is 24.8 Å². The minimum atomic E-state index is -0.626. The fourth-order valence-electron chi connectivity index (χ4n) is 3.52. The van der Waals surface area contributed by atoms with Gasteiger partial charge in [-0.25, -0.2) is 0 Å². The van der Waals surface area contributed by atoms with Crippen molar-refractivity contribution in [1.82, 2.24) is 9.80 Å². The van der Waals surface area contributed by atoms with Crippen LogP contribution in [0.2, 0.25) is 5.02 Å². The van der Waals surface area contributed by atoms with Crippen LogP contribution in [-0.4, -0.2) is 80.8 Å². The molecule has 1 unspecified atom stereocenters. The molecule has 0 radical (unpaired) electrons. The SMILES string of the molecule is COc1cc(C(=O)N2CCN(CC3CCCO3)CC2)cc(Cl)c1OCC(N)=O. The molecule has 1 atom stereocenters. The highest BCUT2D eigenvalue weighted by Gasteiger charge is 2.26. The summed E-state index contributed by atoms with van der Waals surface area (Å²) >= 11 is 6.25. The lowest BCUT2D eigenvalue weighted by Crippen LogP contribution is -2.50. The van der Waals surface area contributed by atoms with Crippen molar-refractivity contribution in [3.05, 3.63) is 22.7 Å². The maximum Gasteiger partial charge on any atom is 0.255 e. The lowest BCUT2D eigenvalue weighted by atomic mass is 10.1. The summed E-state index contributed by atoms with van der Waals surface area (Å²) in [5.74, 6) is -0.257. The third-order valence-corrected chi connectivity index (χ3v) is 5.26. The predicted octanol–water partition coefficient (Wildman–Crippen LogP) is 1.15. The number of piperazine rings is 1. The van der Waals surface area contributed by atoms with Gasteiger partial charge in [0.25, 0.3) is 11.8 Å². The van der Waals surface area contributed by atoms with E-state index >= 15 is 0 Å². The van der Waals surface area contributed by atoms with E-state index < -0.39 is 5.91 Å². The number of hydrogen-bond donors (Lipinski definition) is 1. The number of primary amides is 1. The van der Waals surface area contributed by atoms with Crippen LogP contribution < -0.4 is 15.2 Å². The molecule has 0 aromatic heterocycles. The molecule has 3 rings (SSSR count). The van der Waals surface area contributed by atoms with Crippen molar-refractivity contribution in [3.63, 3.8) is 0 Å². The summed E-state index contributed by atoms with van der Waals surface area (Å²) in [4.78, 5) is 28.0. The molecule has 2 fully saturated rings. The van der Waals surface area contributed by atoms with Crippen molar-refractivity contribution < 1.29 is 23.8 Å². The van der Waals surface area contributed by atoms with E-state index in [1.807, 2.05) is 0 Å². The first-order valence-electron chi connectivity index (χ1n) is 9.39. The highest BCUT2D eigenvalue weighted by atomic mass is 35.5. The van der Waals surface area contributed by atoms with E-state index in [1.54, 1.807) is 11.0 Å². The molecule has 2 amide bonds. The van der Waals surface area contributed by atoms with Crippen LogP contribution in [-0.2, 0) is 9.53 Å². The molecule has 0 bridgehead atoms. The average molecular weight is 412 g/mol. The molecule has 1 aromatic rings. The number of nitrogens with zero attached hydrogens (tertiary/aromatic N) is 2. The van der Waals surface area contributed by atoms with Crippen LogP contribution >= 0.6 is 11.6 Å². The predicted molar refractivity (Wildman–Crippen MR) is 104 cm³/mol. The first-order chi connectivity index (χ1) is 13.5. The third-order valence-electron chi connectivity index (χ3n) is 4.98. The Kier molecular flexibility index (Phi) is 6.98. The summed E-state index contributed by atoms with van der Waals surface area (Å²) in [7, 11) is 1.45. The third kappa shape index (κ3) is 5.06. The average Bonchev–Trinajstić information content (AvgIpc) is 3.19. The van der Waals surface area contributed by atoms with Gasteiger partial charge in [-0.1, -0.05) is 11.6 Å². The number of carbonyl (C=O) groups excluding carboxylic acids is 2. The highest BCUT2D eigenvalue weighted by molar-refractivity contribution is 6.32. The molecule has 0 saturated carbocycles. The summed E-state index contributed by atoms with van der Waals surface area (Å²) < 4.78 is 16.3. The van der Waals surface area contributed by atoms with Crippen molar-refractivity contribution in [3.8, 4) is 11.5 Å². The second-order valence-electron chi connectivity index (χ2n) is 6.97. The zero-order valence-corrected chi connectivity index (χ0v) is 16.7. The van der Waals surface area contributed by atoms with Crippen LogP contribution in [0.25, 0.3) is 0 Å². The van der Waals surface area contributed by atoms with E-state index in [2.05, 4.69) is 4.90 Å². The van der Waals surface area contributed by atoms with E-state index in [9.17, 15) is 9.59 Å². The zero-order valence-electron chi connectivity index (χ0n) is 16.0. The maximum atomic E-state index is 12.9. The number of methoxy groups -OCH3 is 1. The number of amides is 2. The quantitative estimate of drug-likeness (QED) is 0.723. The van der Waals surface area contributed by atoms with Gasteiger partial charge in [0.15, 0.2) is 18.1 Å². The molecular formula is C19H26ClN3O5. The number of ether oxygens (including phenoxy) is 3. The molecule has 2 aliphatic rings. The Morgan fingerprint density at radius 3 is 2.64 bits per heavy atom. The van der Waals surface area contributed by atoms with Gasteiger partial charge in [-0.3, -0.25) is 14.5 Å². The molecule has 0 spiro atoms. The summed E-state index contributed by atoms with van der Waals surface area (Å²) in [5.41, 5.74) is 5.52. The van der Waals surface area contributed by atoms with Crippen LogP contribution in [0.5, 0.6) is 11.5 Å². The molecule has 9 heteroatoms. The van der Waals surface area contributed by atoms with E-state index in [1.165, 1.54) is 13.2 Å². The summed E-state index contributed by atoms with van der Waals surface area (Å²) in [6.45, 7) is 4.37. The van der Waals surface area contributed by atoms with Crippen molar-refractivity contribution in [2.45, 2.75) is 18.9 Å². The lowest BCUT2D eigenvalue weighted by molar-refractivity contribution is -0.119. The highest BCUT2D eigenvalue weighted by Crippen LogP contribution is 2.36. The minimum Gasteiger partial charge on any atom is -0.493 e. The van der Waals surface area contributed by atoms with Crippen LogP contribution in [0, 0.1) is 0 Å². The second kappa shape index (κ2) is 9.45. The Morgan fingerprint density at radius 1 is 1.29 bits per heavy atom. The Labute approximate surface area is 169 Å². The van der Waals surface area contributed by atoms with Crippen molar-refractivity contribution >= 4 is 23.4 Å².